The predicted molar refractivity (Wildman–Crippen MR) is 110 cm³/mol. The molecule has 146 valence electrons. The van der Waals surface area contributed by atoms with Crippen molar-refractivity contribution in [2.45, 2.75) is 52.7 Å². The normalized spacial score (nSPS) is 11.9. The minimum atomic E-state index is -0.229. The molecule has 0 saturated heterocycles. The maximum absolute atomic E-state index is 12.6. The number of carbonyl (C=O) groups is 2. The second kappa shape index (κ2) is 9.71. The summed E-state index contributed by atoms with van der Waals surface area (Å²) in [5, 5.41) is 8.80. The predicted octanol–water partition coefficient (Wildman–Crippen LogP) is 4.77. The molecule has 3 amide bonds. The van der Waals surface area contributed by atoms with Crippen molar-refractivity contribution in [1.29, 1.82) is 0 Å². The van der Waals surface area contributed by atoms with Crippen LogP contribution >= 0.6 is 22.9 Å². The summed E-state index contributed by atoms with van der Waals surface area (Å²) in [6.07, 6.45) is 0.856. The Labute approximate surface area is 168 Å². The van der Waals surface area contributed by atoms with Gasteiger partial charge in [-0.05, 0) is 51.5 Å². The molecular formula is C19H25ClN4O2S. The lowest BCUT2D eigenvalue weighted by atomic mass is 10.2. The first-order valence-corrected chi connectivity index (χ1v) is 10.1. The number of nitrogens with one attached hydrogen (secondary N) is 2. The lowest BCUT2D eigenvalue weighted by Crippen LogP contribution is -2.39. The van der Waals surface area contributed by atoms with Crippen LogP contribution in [0.4, 0.5) is 10.5 Å². The zero-order chi connectivity index (χ0) is 20.0. The van der Waals surface area contributed by atoms with E-state index in [1.165, 1.54) is 11.3 Å². The highest BCUT2D eigenvalue weighted by molar-refractivity contribution is 7.09. The molecule has 1 aromatic heterocycles. The molecule has 1 heterocycles. The molecule has 0 aliphatic rings. The molecule has 0 fully saturated rings. The van der Waals surface area contributed by atoms with E-state index in [4.69, 9.17) is 11.6 Å². The Morgan fingerprint density at radius 2 is 1.89 bits per heavy atom. The van der Waals surface area contributed by atoms with Gasteiger partial charge in [0, 0.05) is 28.2 Å². The summed E-state index contributed by atoms with van der Waals surface area (Å²) < 4.78 is 0. The number of urea groups is 1. The van der Waals surface area contributed by atoms with E-state index < -0.39 is 0 Å². The molecule has 6 nitrogen and oxygen atoms in total. The number of hydrogen-bond donors (Lipinski definition) is 2. The number of anilines is 1. The van der Waals surface area contributed by atoms with Crippen molar-refractivity contribution in [3.63, 3.8) is 0 Å². The summed E-state index contributed by atoms with van der Waals surface area (Å²) in [4.78, 5) is 30.9. The Bertz CT molecular complexity index is 776. The minimum Gasteiger partial charge on any atom is -0.348 e. The second-order valence-corrected chi connectivity index (χ2v) is 7.95. The Hall–Kier alpha value is -2.12. The maximum atomic E-state index is 12.6. The summed E-state index contributed by atoms with van der Waals surface area (Å²) in [6, 6.07) is 6.78. The van der Waals surface area contributed by atoms with E-state index in [0.29, 0.717) is 28.0 Å². The number of benzene rings is 1. The van der Waals surface area contributed by atoms with Gasteiger partial charge < -0.3 is 15.5 Å². The number of halogens is 1. The standard InChI is InChI=1S/C19H25ClN4O2S/c1-5-13(4)21-18(25)16-11-27-17(23-16)10-24(12(2)3)19(26)22-15-8-6-14(20)7-9-15/h6-9,11-13H,5,10H2,1-4H3,(H,21,25)(H,22,26). The van der Waals surface area contributed by atoms with Gasteiger partial charge in [0.2, 0.25) is 0 Å². The molecule has 0 aliphatic carbocycles. The van der Waals surface area contributed by atoms with E-state index in [1.807, 2.05) is 27.7 Å². The SMILES string of the molecule is CCC(C)NC(=O)c1csc(CN(C(=O)Nc2ccc(Cl)cc2)C(C)C)n1. The molecule has 2 N–H and O–H groups in total. The molecule has 1 unspecified atom stereocenters. The summed E-state index contributed by atoms with van der Waals surface area (Å²) >= 11 is 7.25. The fourth-order valence-corrected chi connectivity index (χ4v) is 3.15. The summed E-state index contributed by atoms with van der Waals surface area (Å²) in [5.41, 5.74) is 1.06. The molecule has 0 radical (unpaired) electrons. The van der Waals surface area contributed by atoms with Gasteiger partial charge in [0.05, 0.1) is 6.54 Å². The van der Waals surface area contributed by atoms with Gasteiger partial charge in [0.1, 0.15) is 10.7 Å². The fourth-order valence-electron chi connectivity index (χ4n) is 2.25. The second-order valence-electron chi connectivity index (χ2n) is 6.57. The molecule has 0 bridgehead atoms. The van der Waals surface area contributed by atoms with Crippen LogP contribution in [0.5, 0.6) is 0 Å². The number of hydrogen-bond acceptors (Lipinski definition) is 4. The molecule has 0 spiro atoms. The lowest BCUT2D eigenvalue weighted by Gasteiger charge is -2.26. The van der Waals surface area contributed by atoms with Gasteiger partial charge in [-0.2, -0.15) is 0 Å². The third kappa shape index (κ3) is 6.22. The first-order chi connectivity index (χ1) is 12.8. The Morgan fingerprint density at radius 3 is 2.48 bits per heavy atom. The van der Waals surface area contributed by atoms with Crippen LogP contribution in [-0.4, -0.2) is 33.9 Å². The van der Waals surface area contributed by atoms with E-state index in [0.717, 1.165) is 6.42 Å². The first kappa shape index (κ1) is 21.2. The van der Waals surface area contributed by atoms with Gasteiger partial charge in [-0.3, -0.25) is 4.79 Å². The van der Waals surface area contributed by atoms with E-state index >= 15 is 0 Å². The molecule has 2 aromatic rings. The van der Waals surface area contributed by atoms with Crippen molar-refractivity contribution in [1.82, 2.24) is 15.2 Å². The highest BCUT2D eigenvalue weighted by atomic mass is 35.5. The van der Waals surface area contributed by atoms with Gasteiger partial charge in [0.25, 0.3) is 5.91 Å². The van der Waals surface area contributed by atoms with E-state index in [2.05, 4.69) is 15.6 Å². The van der Waals surface area contributed by atoms with Crippen molar-refractivity contribution >= 4 is 40.6 Å². The van der Waals surface area contributed by atoms with Crippen molar-refractivity contribution in [3.8, 4) is 0 Å². The topological polar surface area (TPSA) is 74.3 Å². The van der Waals surface area contributed by atoms with Gasteiger partial charge in [-0.25, -0.2) is 9.78 Å². The quantitative estimate of drug-likeness (QED) is 0.693. The van der Waals surface area contributed by atoms with Crippen molar-refractivity contribution in [2.24, 2.45) is 0 Å². The number of carbonyl (C=O) groups excluding carboxylic acids is 2. The number of nitrogens with zero attached hydrogens (tertiary/aromatic N) is 2. The summed E-state index contributed by atoms with van der Waals surface area (Å²) in [6.45, 7) is 8.17. The third-order valence-electron chi connectivity index (χ3n) is 4.06. The van der Waals surface area contributed by atoms with Crippen LogP contribution in [-0.2, 0) is 6.54 Å². The third-order valence-corrected chi connectivity index (χ3v) is 5.15. The van der Waals surface area contributed by atoms with E-state index in [9.17, 15) is 9.59 Å². The molecular weight excluding hydrogens is 384 g/mol. The van der Waals surface area contributed by atoms with Crippen LogP contribution < -0.4 is 10.6 Å². The Balaban J connectivity index is 2.04. The average molecular weight is 409 g/mol. The number of aromatic nitrogens is 1. The molecule has 1 aromatic carbocycles. The van der Waals surface area contributed by atoms with Gasteiger partial charge in [0.15, 0.2) is 0 Å². The molecule has 1 atom stereocenters. The zero-order valence-corrected chi connectivity index (χ0v) is 17.5. The van der Waals surface area contributed by atoms with Gasteiger partial charge in [-0.15, -0.1) is 11.3 Å². The zero-order valence-electron chi connectivity index (χ0n) is 16.0. The molecule has 27 heavy (non-hydrogen) atoms. The van der Waals surface area contributed by atoms with Crippen LogP contribution in [0.1, 0.15) is 49.6 Å². The largest absolute Gasteiger partial charge is 0.348 e. The maximum Gasteiger partial charge on any atom is 0.322 e. The first-order valence-electron chi connectivity index (χ1n) is 8.88. The van der Waals surface area contributed by atoms with Crippen LogP contribution in [0.3, 0.4) is 0 Å². The van der Waals surface area contributed by atoms with Crippen molar-refractivity contribution < 1.29 is 9.59 Å². The molecule has 2 rings (SSSR count). The van der Waals surface area contributed by atoms with E-state index in [1.54, 1.807) is 34.5 Å². The van der Waals surface area contributed by atoms with Crippen LogP contribution in [0.25, 0.3) is 0 Å². The smallest absolute Gasteiger partial charge is 0.322 e. The van der Waals surface area contributed by atoms with Crippen LogP contribution in [0.2, 0.25) is 5.02 Å². The highest BCUT2D eigenvalue weighted by Gasteiger charge is 2.20. The van der Waals surface area contributed by atoms with E-state index in [-0.39, 0.29) is 24.0 Å². The van der Waals surface area contributed by atoms with Crippen LogP contribution in [0, 0.1) is 0 Å². The van der Waals surface area contributed by atoms with Crippen molar-refractivity contribution in [3.05, 3.63) is 45.4 Å². The summed E-state index contributed by atoms with van der Waals surface area (Å²) in [7, 11) is 0. The fraction of sp³-hybridized carbons (Fsp3) is 0.421. The lowest BCUT2D eigenvalue weighted by molar-refractivity contribution is 0.0934. The Morgan fingerprint density at radius 1 is 1.22 bits per heavy atom. The number of rotatable bonds is 7. The highest BCUT2D eigenvalue weighted by Crippen LogP contribution is 2.18. The average Bonchev–Trinajstić information content (AvgIpc) is 3.10. The van der Waals surface area contributed by atoms with Crippen molar-refractivity contribution in [2.75, 3.05) is 5.32 Å². The van der Waals surface area contributed by atoms with Gasteiger partial charge >= 0.3 is 6.03 Å². The summed E-state index contributed by atoms with van der Waals surface area (Å²) in [5.74, 6) is -0.187. The Kier molecular flexibility index (Phi) is 7.62. The number of thiazole rings is 1. The molecule has 0 aliphatic heterocycles. The van der Waals surface area contributed by atoms with Crippen LogP contribution in [0.15, 0.2) is 29.6 Å². The molecule has 8 heteroatoms. The number of amides is 3. The minimum absolute atomic E-state index is 0.0291. The van der Waals surface area contributed by atoms with Gasteiger partial charge in [-0.1, -0.05) is 18.5 Å². The monoisotopic (exact) mass is 408 g/mol. The molecule has 0 saturated carbocycles.